The first kappa shape index (κ1) is 33.9. The van der Waals surface area contributed by atoms with Crippen LogP contribution in [0.4, 0.5) is 0 Å². The Morgan fingerprint density at radius 1 is 0.957 bits per heavy atom. The summed E-state index contributed by atoms with van der Waals surface area (Å²) in [5.74, 6) is 1.38. The molecule has 3 aliphatic carbocycles. The van der Waals surface area contributed by atoms with Gasteiger partial charge in [0.05, 0.1) is 17.2 Å². The number of benzene rings is 2. The molecule has 0 amide bonds. The maximum Gasteiger partial charge on any atom is 0.338 e. The lowest BCUT2D eigenvalue weighted by Gasteiger charge is -2.44. The van der Waals surface area contributed by atoms with Gasteiger partial charge in [0.25, 0.3) is 0 Å². The summed E-state index contributed by atoms with van der Waals surface area (Å²) in [6, 6.07) is 18.3. The number of carbonyl (C=O) groups excluding carboxylic acids is 2. The van der Waals surface area contributed by atoms with Gasteiger partial charge in [-0.05, 0) is 109 Å². The Bertz CT molecular complexity index is 1420. The van der Waals surface area contributed by atoms with Crippen LogP contribution in [0.2, 0.25) is 0 Å². The Labute approximate surface area is 275 Å². The van der Waals surface area contributed by atoms with E-state index in [0.29, 0.717) is 41.7 Å². The molecule has 7 atom stereocenters. The number of aliphatic hydroxyl groups is 1. The van der Waals surface area contributed by atoms with Crippen molar-refractivity contribution in [2.45, 2.75) is 104 Å². The van der Waals surface area contributed by atoms with Crippen molar-refractivity contribution < 1.29 is 24.2 Å². The summed E-state index contributed by atoms with van der Waals surface area (Å²) in [6.45, 7) is 13.4. The van der Waals surface area contributed by atoms with Crippen LogP contribution in [-0.2, 0) is 9.47 Å². The highest BCUT2D eigenvalue weighted by Crippen LogP contribution is 2.60. The number of hydrogen-bond acceptors (Lipinski definition) is 5. The third-order valence-electron chi connectivity index (χ3n) is 11.2. The summed E-state index contributed by atoms with van der Waals surface area (Å²) in [7, 11) is 0. The van der Waals surface area contributed by atoms with E-state index in [1.54, 1.807) is 12.1 Å². The van der Waals surface area contributed by atoms with Crippen molar-refractivity contribution >= 4 is 11.9 Å². The zero-order valence-electron chi connectivity index (χ0n) is 28.1. The molecule has 0 bridgehead atoms. The Hall–Kier alpha value is -3.44. The molecule has 5 heteroatoms. The summed E-state index contributed by atoms with van der Waals surface area (Å²) in [6.07, 6.45) is 12.0. The van der Waals surface area contributed by atoms with Crippen LogP contribution >= 0.6 is 0 Å². The molecule has 3 fully saturated rings. The average molecular weight is 625 g/mol. The van der Waals surface area contributed by atoms with Crippen molar-refractivity contribution in [1.29, 1.82) is 0 Å². The molecule has 0 aliphatic heterocycles. The largest absolute Gasteiger partial charge is 0.459 e. The molecule has 3 saturated carbocycles. The first-order valence-electron chi connectivity index (χ1n) is 17.4. The van der Waals surface area contributed by atoms with Gasteiger partial charge in [-0.1, -0.05) is 88.4 Å². The van der Waals surface area contributed by atoms with E-state index in [0.717, 1.165) is 30.4 Å². The molecule has 0 saturated heterocycles. The van der Waals surface area contributed by atoms with Gasteiger partial charge in [-0.15, -0.1) is 0 Å². The number of hydrogen-bond donors (Lipinski definition) is 1. The van der Waals surface area contributed by atoms with Gasteiger partial charge in [-0.2, -0.15) is 0 Å². The minimum Gasteiger partial charge on any atom is -0.459 e. The first-order valence-corrected chi connectivity index (χ1v) is 17.4. The Morgan fingerprint density at radius 3 is 2.26 bits per heavy atom. The molecule has 46 heavy (non-hydrogen) atoms. The van der Waals surface area contributed by atoms with E-state index >= 15 is 0 Å². The second-order valence-corrected chi connectivity index (χ2v) is 14.5. The SMILES string of the molecule is C=C1/C(=C\C=C2CCC[C@@]3(C)C2CC[C@@H]3[C@H](C)CCC(OC(=O)c2ccccc2)C(C)C)C[C@H](OC(=O)c2ccccc2)C[C@H]1O. The first-order chi connectivity index (χ1) is 22.1. The predicted molar refractivity (Wildman–Crippen MR) is 183 cm³/mol. The smallest absolute Gasteiger partial charge is 0.338 e. The van der Waals surface area contributed by atoms with Crippen molar-refractivity contribution in [3.05, 3.63) is 107 Å². The van der Waals surface area contributed by atoms with Crippen LogP contribution in [0.5, 0.6) is 0 Å². The molecule has 5 nitrogen and oxygen atoms in total. The molecule has 1 N–H and O–H groups in total. The quantitative estimate of drug-likeness (QED) is 0.267. The average Bonchev–Trinajstić information content (AvgIpc) is 3.42. The highest BCUT2D eigenvalue weighted by Gasteiger charge is 2.50. The van der Waals surface area contributed by atoms with E-state index in [1.165, 1.54) is 31.3 Å². The normalized spacial score (nSPS) is 29.4. The summed E-state index contributed by atoms with van der Waals surface area (Å²) in [4.78, 5) is 25.5. The van der Waals surface area contributed by atoms with Crippen molar-refractivity contribution in [1.82, 2.24) is 0 Å². The second kappa shape index (κ2) is 15.0. The van der Waals surface area contributed by atoms with Crippen LogP contribution in [-0.4, -0.2) is 35.4 Å². The number of ether oxygens (including phenoxy) is 2. The number of esters is 2. The molecule has 2 aromatic rings. The maximum atomic E-state index is 12.8. The molecule has 0 spiro atoms. The van der Waals surface area contributed by atoms with Crippen LogP contribution < -0.4 is 0 Å². The number of allylic oxidation sites excluding steroid dienone is 3. The molecule has 2 unspecified atom stereocenters. The minimum atomic E-state index is -0.720. The predicted octanol–water partition coefficient (Wildman–Crippen LogP) is 9.29. The number of aliphatic hydroxyl groups excluding tert-OH is 1. The molecule has 5 rings (SSSR count). The van der Waals surface area contributed by atoms with Crippen LogP contribution in [0.25, 0.3) is 0 Å². The fourth-order valence-corrected chi connectivity index (χ4v) is 8.48. The van der Waals surface area contributed by atoms with Gasteiger partial charge in [0.1, 0.15) is 12.2 Å². The fraction of sp³-hybridized carbons (Fsp3) is 0.512. The Morgan fingerprint density at radius 2 is 1.61 bits per heavy atom. The third-order valence-corrected chi connectivity index (χ3v) is 11.2. The summed E-state index contributed by atoms with van der Waals surface area (Å²) in [5, 5.41) is 10.8. The Balaban J connectivity index is 1.22. The van der Waals surface area contributed by atoms with Crippen molar-refractivity contribution in [2.24, 2.45) is 29.1 Å². The number of fused-ring (bicyclic) bond motifs is 1. The van der Waals surface area contributed by atoms with E-state index in [1.807, 2.05) is 48.5 Å². The molecule has 3 aliphatic rings. The topological polar surface area (TPSA) is 72.8 Å². The van der Waals surface area contributed by atoms with E-state index in [4.69, 9.17) is 9.47 Å². The minimum absolute atomic E-state index is 0.0941. The maximum absolute atomic E-state index is 12.8. The third kappa shape index (κ3) is 7.74. The molecule has 2 aromatic carbocycles. The molecular weight excluding hydrogens is 572 g/mol. The molecule has 0 aromatic heterocycles. The summed E-state index contributed by atoms with van der Waals surface area (Å²) < 4.78 is 11.8. The van der Waals surface area contributed by atoms with Gasteiger partial charge in [0.2, 0.25) is 0 Å². The van der Waals surface area contributed by atoms with E-state index in [-0.39, 0.29) is 35.5 Å². The Kier molecular flexibility index (Phi) is 11.0. The fourth-order valence-electron chi connectivity index (χ4n) is 8.48. The van der Waals surface area contributed by atoms with E-state index in [2.05, 4.69) is 46.4 Å². The monoisotopic (exact) mass is 624 g/mol. The van der Waals surface area contributed by atoms with E-state index in [9.17, 15) is 14.7 Å². The van der Waals surface area contributed by atoms with Crippen LogP contribution in [0.3, 0.4) is 0 Å². The van der Waals surface area contributed by atoms with Crippen LogP contribution in [0.1, 0.15) is 106 Å². The summed E-state index contributed by atoms with van der Waals surface area (Å²) in [5.41, 5.74) is 4.57. The van der Waals surface area contributed by atoms with Gasteiger partial charge in [-0.25, -0.2) is 9.59 Å². The van der Waals surface area contributed by atoms with Gasteiger partial charge < -0.3 is 14.6 Å². The van der Waals surface area contributed by atoms with Gasteiger partial charge >= 0.3 is 11.9 Å². The molecule has 0 heterocycles. The summed E-state index contributed by atoms with van der Waals surface area (Å²) >= 11 is 0. The zero-order valence-corrected chi connectivity index (χ0v) is 28.1. The van der Waals surface area contributed by atoms with Crippen LogP contribution in [0, 0.1) is 29.1 Å². The van der Waals surface area contributed by atoms with E-state index < -0.39 is 6.10 Å². The van der Waals surface area contributed by atoms with Gasteiger partial charge in [0.15, 0.2) is 0 Å². The standard InChI is InChI=1S/C41H52O5/c1-27(2)38(46-40(44)32-15-10-7-11-16-32)23-18-28(3)35-21-22-36-30(17-12-24-41(35,36)5)19-20-33-25-34(26-37(42)29(33)4)45-39(43)31-13-8-6-9-14-31/h6-11,13-16,19-20,27-28,34-38,42H,4,12,17-18,21-26H2,1-3,5H3/b30-19?,33-20-/t28-,34+,35-,36?,37-,38?,41-/m1/s1. The van der Waals surface area contributed by atoms with Gasteiger partial charge in [0, 0.05) is 12.8 Å². The number of carbonyl (C=O) groups is 2. The lowest BCUT2D eigenvalue weighted by atomic mass is 9.60. The lowest BCUT2D eigenvalue weighted by Crippen LogP contribution is -2.36. The lowest BCUT2D eigenvalue weighted by molar-refractivity contribution is 0.0109. The van der Waals surface area contributed by atoms with Crippen molar-refractivity contribution in [2.75, 3.05) is 0 Å². The highest BCUT2D eigenvalue weighted by atomic mass is 16.5. The van der Waals surface area contributed by atoms with Crippen molar-refractivity contribution in [3.8, 4) is 0 Å². The molecule has 246 valence electrons. The van der Waals surface area contributed by atoms with Crippen molar-refractivity contribution in [3.63, 3.8) is 0 Å². The molecular formula is C41H52O5. The second-order valence-electron chi connectivity index (χ2n) is 14.5. The highest BCUT2D eigenvalue weighted by molar-refractivity contribution is 5.89. The zero-order chi connectivity index (χ0) is 32.8. The van der Waals surface area contributed by atoms with Crippen LogP contribution in [0.15, 0.2) is 96.1 Å². The molecule has 0 radical (unpaired) electrons. The van der Waals surface area contributed by atoms with Gasteiger partial charge in [-0.3, -0.25) is 0 Å². The number of rotatable bonds is 10.